The van der Waals surface area contributed by atoms with E-state index in [1.807, 2.05) is 24.3 Å². The van der Waals surface area contributed by atoms with Gasteiger partial charge in [-0.2, -0.15) is 0 Å². The van der Waals surface area contributed by atoms with E-state index in [4.69, 9.17) is 11.6 Å². The number of halogens is 1. The molecule has 1 N–H and O–H groups in total. The van der Waals surface area contributed by atoms with Gasteiger partial charge in [0.15, 0.2) is 0 Å². The highest BCUT2D eigenvalue weighted by atomic mass is 35.5. The van der Waals surface area contributed by atoms with Crippen LogP contribution in [0.5, 0.6) is 0 Å². The van der Waals surface area contributed by atoms with E-state index < -0.39 is 0 Å². The molecule has 1 nitrogen and oxygen atoms in total. The minimum Gasteiger partial charge on any atom is -0.353 e. The Morgan fingerprint density at radius 2 is 2.18 bits per heavy atom. The van der Waals surface area contributed by atoms with Crippen LogP contribution in [0.2, 0.25) is 0 Å². The first-order chi connectivity index (χ1) is 5.42. The lowest BCUT2D eigenvalue weighted by Gasteiger charge is -1.89. The quantitative estimate of drug-likeness (QED) is 0.624. The van der Waals surface area contributed by atoms with Crippen molar-refractivity contribution in [3.05, 3.63) is 36.0 Å². The molecule has 0 atom stereocenters. The van der Waals surface area contributed by atoms with Crippen molar-refractivity contribution in [2.24, 2.45) is 0 Å². The molecule has 0 aliphatic heterocycles. The standard InChI is InChI=1S/C9H7ClN/c10-5-7-6-11-9-4-2-1-3-8(7)9/h1-4,11H,5H2. The average Bonchev–Trinajstić information content (AvgIpc) is 2.47. The Bertz CT molecular complexity index is 364. The lowest BCUT2D eigenvalue weighted by atomic mass is 10.2. The number of alkyl halides is 1. The number of nitrogens with one attached hydrogen (secondary N) is 1. The van der Waals surface area contributed by atoms with E-state index in [1.165, 1.54) is 5.39 Å². The van der Waals surface area contributed by atoms with Crippen molar-refractivity contribution in [3.8, 4) is 0 Å². The van der Waals surface area contributed by atoms with Crippen molar-refractivity contribution in [2.75, 3.05) is 0 Å². The van der Waals surface area contributed by atoms with Crippen LogP contribution in [0, 0.1) is 6.20 Å². The fraction of sp³-hybridized carbons (Fsp3) is 0.111. The molecule has 2 aromatic rings. The molecule has 0 saturated heterocycles. The maximum atomic E-state index is 5.70. The molecule has 55 valence electrons. The van der Waals surface area contributed by atoms with Gasteiger partial charge in [-0.15, -0.1) is 11.6 Å². The summed E-state index contributed by atoms with van der Waals surface area (Å²) in [6.07, 6.45) is 3.01. The lowest BCUT2D eigenvalue weighted by molar-refractivity contribution is 1.37. The van der Waals surface area contributed by atoms with E-state index in [1.54, 1.807) is 0 Å². The molecule has 1 heterocycles. The van der Waals surface area contributed by atoms with Crippen molar-refractivity contribution in [1.29, 1.82) is 0 Å². The fourth-order valence-corrected chi connectivity index (χ4v) is 1.38. The predicted octanol–water partition coefficient (Wildman–Crippen LogP) is 2.71. The normalized spacial score (nSPS) is 10.6. The van der Waals surface area contributed by atoms with Crippen molar-refractivity contribution < 1.29 is 0 Å². The Balaban J connectivity index is 2.76. The summed E-state index contributed by atoms with van der Waals surface area (Å²) < 4.78 is 0. The van der Waals surface area contributed by atoms with Gasteiger partial charge in [0.2, 0.25) is 0 Å². The van der Waals surface area contributed by atoms with Crippen LogP contribution in [0.1, 0.15) is 5.56 Å². The van der Waals surface area contributed by atoms with Crippen LogP contribution in [0.3, 0.4) is 0 Å². The zero-order chi connectivity index (χ0) is 7.68. The van der Waals surface area contributed by atoms with Gasteiger partial charge in [-0.1, -0.05) is 18.2 Å². The lowest BCUT2D eigenvalue weighted by Crippen LogP contribution is -1.70. The van der Waals surface area contributed by atoms with E-state index in [-0.39, 0.29) is 0 Å². The SMILES string of the molecule is ClCc1[c][nH]c2ccccc12. The molecule has 2 heteroatoms. The zero-order valence-corrected chi connectivity index (χ0v) is 6.65. The molecule has 11 heavy (non-hydrogen) atoms. The third-order valence-corrected chi connectivity index (χ3v) is 2.00. The summed E-state index contributed by atoms with van der Waals surface area (Å²) in [6, 6.07) is 8.05. The highest BCUT2D eigenvalue weighted by Crippen LogP contribution is 2.18. The molecular weight excluding hydrogens is 158 g/mol. The number of hydrogen-bond acceptors (Lipinski definition) is 0. The Labute approximate surface area is 70.0 Å². The van der Waals surface area contributed by atoms with Crippen LogP contribution in [0.25, 0.3) is 10.9 Å². The maximum absolute atomic E-state index is 5.70. The summed E-state index contributed by atoms with van der Waals surface area (Å²) in [4.78, 5) is 3.03. The highest BCUT2D eigenvalue weighted by Gasteiger charge is 1.99. The van der Waals surface area contributed by atoms with Crippen molar-refractivity contribution in [2.45, 2.75) is 5.88 Å². The summed E-state index contributed by atoms with van der Waals surface area (Å²) in [6.45, 7) is 0. The van der Waals surface area contributed by atoms with Gasteiger partial charge in [-0.25, -0.2) is 0 Å². The van der Waals surface area contributed by atoms with Crippen LogP contribution in [0.15, 0.2) is 24.3 Å². The smallest absolute Gasteiger partial charge is 0.0678 e. The maximum Gasteiger partial charge on any atom is 0.0678 e. The molecule has 0 aliphatic rings. The fourth-order valence-electron chi connectivity index (χ4n) is 1.17. The first kappa shape index (κ1) is 6.74. The first-order valence-corrected chi connectivity index (χ1v) is 3.98. The largest absolute Gasteiger partial charge is 0.353 e. The second-order valence-corrected chi connectivity index (χ2v) is 2.68. The van der Waals surface area contributed by atoms with E-state index in [2.05, 4.69) is 11.2 Å². The van der Waals surface area contributed by atoms with Gasteiger partial charge in [0.1, 0.15) is 0 Å². The van der Waals surface area contributed by atoms with E-state index in [0.717, 1.165) is 11.1 Å². The Hall–Kier alpha value is -0.950. The number of aromatic nitrogens is 1. The number of hydrogen-bond donors (Lipinski definition) is 1. The number of para-hydroxylation sites is 1. The number of H-pyrrole nitrogens is 1. The monoisotopic (exact) mass is 164 g/mol. The average molecular weight is 165 g/mol. The number of benzene rings is 1. The summed E-state index contributed by atoms with van der Waals surface area (Å²) in [7, 11) is 0. The van der Waals surface area contributed by atoms with E-state index >= 15 is 0 Å². The van der Waals surface area contributed by atoms with Gasteiger partial charge >= 0.3 is 0 Å². The molecule has 0 fully saturated rings. The van der Waals surface area contributed by atoms with Gasteiger partial charge in [0.25, 0.3) is 0 Å². The molecule has 1 radical (unpaired) electrons. The van der Waals surface area contributed by atoms with Gasteiger partial charge in [-0.05, 0) is 6.07 Å². The second kappa shape index (κ2) is 2.59. The molecule has 0 amide bonds. The summed E-state index contributed by atoms with van der Waals surface area (Å²) in [5.74, 6) is 0.518. The number of fused-ring (bicyclic) bond motifs is 1. The number of aromatic amines is 1. The topological polar surface area (TPSA) is 15.8 Å². The minimum atomic E-state index is 0.518. The Morgan fingerprint density at radius 3 is 3.00 bits per heavy atom. The van der Waals surface area contributed by atoms with Crippen LogP contribution in [0.4, 0.5) is 0 Å². The van der Waals surface area contributed by atoms with Gasteiger partial charge in [0.05, 0.1) is 12.1 Å². The van der Waals surface area contributed by atoms with Gasteiger partial charge in [0, 0.05) is 16.5 Å². The van der Waals surface area contributed by atoms with Crippen LogP contribution >= 0.6 is 11.6 Å². The first-order valence-electron chi connectivity index (χ1n) is 3.45. The molecule has 1 aromatic heterocycles. The highest BCUT2D eigenvalue weighted by molar-refractivity contribution is 6.18. The predicted molar refractivity (Wildman–Crippen MR) is 46.7 cm³/mol. The third kappa shape index (κ3) is 1.02. The molecule has 0 bridgehead atoms. The molecular formula is C9H7ClN. The van der Waals surface area contributed by atoms with Crippen molar-refractivity contribution in [1.82, 2.24) is 4.98 Å². The second-order valence-electron chi connectivity index (χ2n) is 2.41. The summed E-state index contributed by atoms with van der Waals surface area (Å²) in [5, 5.41) is 1.17. The van der Waals surface area contributed by atoms with Crippen molar-refractivity contribution >= 4 is 22.5 Å². The minimum absolute atomic E-state index is 0.518. The van der Waals surface area contributed by atoms with Crippen LogP contribution in [-0.2, 0) is 5.88 Å². The van der Waals surface area contributed by atoms with E-state index in [0.29, 0.717) is 5.88 Å². The summed E-state index contributed by atoms with van der Waals surface area (Å²) in [5.41, 5.74) is 2.14. The Kier molecular flexibility index (Phi) is 1.59. The Morgan fingerprint density at radius 1 is 1.36 bits per heavy atom. The van der Waals surface area contributed by atoms with Gasteiger partial charge < -0.3 is 4.98 Å². The molecule has 2 rings (SSSR count). The molecule has 0 unspecified atom stereocenters. The molecule has 0 saturated carbocycles. The molecule has 1 aromatic carbocycles. The van der Waals surface area contributed by atoms with E-state index in [9.17, 15) is 0 Å². The zero-order valence-electron chi connectivity index (χ0n) is 5.89. The van der Waals surface area contributed by atoms with Crippen LogP contribution < -0.4 is 0 Å². The van der Waals surface area contributed by atoms with Crippen LogP contribution in [-0.4, -0.2) is 4.98 Å². The molecule has 0 aliphatic carbocycles. The summed E-state index contributed by atoms with van der Waals surface area (Å²) >= 11 is 5.70. The van der Waals surface area contributed by atoms with Crippen molar-refractivity contribution in [3.63, 3.8) is 0 Å². The van der Waals surface area contributed by atoms with Gasteiger partial charge in [-0.3, -0.25) is 0 Å². The third-order valence-electron chi connectivity index (χ3n) is 1.73. The number of rotatable bonds is 1. The molecule has 0 spiro atoms.